The van der Waals surface area contributed by atoms with Crippen molar-refractivity contribution in [3.05, 3.63) is 36.5 Å². The van der Waals surface area contributed by atoms with E-state index in [1.54, 1.807) is 12.2 Å². The fraction of sp³-hybridized carbons (Fsp3) is 0.562. The molecule has 0 aromatic rings. The van der Waals surface area contributed by atoms with Gasteiger partial charge in [0.1, 0.15) is 0 Å². The molecular weight excluding hydrogens is 252 g/mol. The molecule has 0 aliphatic carbocycles. The van der Waals surface area contributed by atoms with Crippen LogP contribution in [0.1, 0.15) is 12.8 Å². The van der Waals surface area contributed by atoms with Gasteiger partial charge >= 0.3 is 0 Å². The molecule has 4 heteroatoms. The van der Waals surface area contributed by atoms with E-state index >= 15 is 0 Å². The lowest BCUT2D eigenvalue weighted by Crippen LogP contribution is -2.41. The van der Waals surface area contributed by atoms with Crippen LogP contribution in [-0.2, 0) is 9.53 Å². The third kappa shape index (κ3) is 4.32. The van der Waals surface area contributed by atoms with Crippen molar-refractivity contribution in [3.8, 4) is 0 Å². The van der Waals surface area contributed by atoms with Crippen molar-refractivity contribution in [2.75, 3.05) is 39.4 Å². The molecule has 2 aliphatic heterocycles. The van der Waals surface area contributed by atoms with Crippen molar-refractivity contribution in [1.29, 1.82) is 0 Å². The Bertz CT molecular complexity index is 389. The molecule has 2 aliphatic rings. The number of carbonyl (C=O) groups is 1. The minimum absolute atomic E-state index is 0.0818. The Morgan fingerprint density at radius 1 is 1.25 bits per heavy atom. The van der Waals surface area contributed by atoms with Crippen LogP contribution in [0.25, 0.3) is 0 Å². The van der Waals surface area contributed by atoms with Crippen molar-refractivity contribution in [2.24, 2.45) is 5.92 Å². The first kappa shape index (κ1) is 15.0. The number of allylic oxidation sites excluding steroid dienone is 3. The molecule has 0 atom stereocenters. The zero-order valence-electron chi connectivity index (χ0n) is 12.0. The molecule has 0 aromatic carbocycles. The Balaban J connectivity index is 1.98. The number of morpholine rings is 1. The summed E-state index contributed by atoms with van der Waals surface area (Å²) in [7, 11) is 0. The number of nitrogens with one attached hydrogen (secondary N) is 1. The van der Waals surface area contributed by atoms with Gasteiger partial charge in [0.15, 0.2) is 0 Å². The molecule has 0 aromatic heterocycles. The van der Waals surface area contributed by atoms with Gasteiger partial charge in [0, 0.05) is 18.7 Å². The maximum atomic E-state index is 12.5. The van der Waals surface area contributed by atoms with Crippen molar-refractivity contribution in [2.45, 2.75) is 12.8 Å². The van der Waals surface area contributed by atoms with Crippen LogP contribution < -0.4 is 5.32 Å². The molecule has 0 unspecified atom stereocenters. The monoisotopic (exact) mass is 276 g/mol. The van der Waals surface area contributed by atoms with Crippen molar-refractivity contribution in [3.63, 3.8) is 0 Å². The second-order valence-electron chi connectivity index (χ2n) is 5.21. The van der Waals surface area contributed by atoms with Crippen LogP contribution in [0.3, 0.4) is 0 Å². The zero-order valence-corrected chi connectivity index (χ0v) is 12.0. The second-order valence-corrected chi connectivity index (χ2v) is 5.21. The molecule has 2 saturated heterocycles. The molecule has 2 fully saturated rings. The summed E-state index contributed by atoms with van der Waals surface area (Å²) >= 11 is 0. The van der Waals surface area contributed by atoms with Gasteiger partial charge in [-0.3, -0.25) is 4.79 Å². The first-order valence-corrected chi connectivity index (χ1v) is 7.40. The largest absolute Gasteiger partial charge is 0.378 e. The SMILES string of the molecule is C=C/C=C(\C=C\C1CCNCC1)C(=O)N1CCOCC1. The van der Waals surface area contributed by atoms with Gasteiger partial charge < -0.3 is 15.0 Å². The predicted molar refractivity (Wildman–Crippen MR) is 80.4 cm³/mol. The summed E-state index contributed by atoms with van der Waals surface area (Å²) in [6.07, 6.45) is 9.91. The minimum atomic E-state index is 0.0818. The van der Waals surface area contributed by atoms with Crippen LogP contribution in [0.5, 0.6) is 0 Å². The molecule has 2 heterocycles. The summed E-state index contributed by atoms with van der Waals surface area (Å²) in [4.78, 5) is 14.3. The summed E-state index contributed by atoms with van der Waals surface area (Å²) in [6, 6.07) is 0. The van der Waals surface area contributed by atoms with Gasteiger partial charge in [-0.1, -0.05) is 30.9 Å². The van der Waals surface area contributed by atoms with E-state index < -0.39 is 0 Å². The summed E-state index contributed by atoms with van der Waals surface area (Å²) in [5, 5.41) is 3.35. The van der Waals surface area contributed by atoms with Crippen molar-refractivity contribution < 1.29 is 9.53 Å². The van der Waals surface area contributed by atoms with Gasteiger partial charge in [0.2, 0.25) is 0 Å². The summed E-state index contributed by atoms with van der Waals surface area (Å²) < 4.78 is 5.29. The first-order valence-electron chi connectivity index (χ1n) is 7.40. The highest BCUT2D eigenvalue weighted by Crippen LogP contribution is 2.15. The fourth-order valence-corrected chi connectivity index (χ4v) is 2.55. The molecule has 1 amide bonds. The number of piperidine rings is 1. The standard InChI is InChI=1S/C16H24N2O2/c1-2-3-15(5-4-14-6-8-17-9-7-14)16(19)18-10-12-20-13-11-18/h2-5,14,17H,1,6-13H2/b5-4+,15-3+. The van der Waals surface area contributed by atoms with Gasteiger partial charge in [-0.05, 0) is 31.8 Å². The molecule has 20 heavy (non-hydrogen) atoms. The number of ether oxygens (including phenoxy) is 1. The Morgan fingerprint density at radius 2 is 1.95 bits per heavy atom. The first-order chi connectivity index (χ1) is 9.81. The van der Waals surface area contributed by atoms with E-state index in [1.165, 1.54) is 0 Å². The molecule has 2 rings (SSSR count). The number of hydrogen-bond donors (Lipinski definition) is 1. The average Bonchev–Trinajstić information content (AvgIpc) is 2.52. The highest BCUT2D eigenvalue weighted by Gasteiger charge is 2.19. The molecule has 110 valence electrons. The fourth-order valence-electron chi connectivity index (χ4n) is 2.55. The number of amides is 1. The molecule has 4 nitrogen and oxygen atoms in total. The van der Waals surface area contributed by atoms with Gasteiger partial charge in [-0.15, -0.1) is 0 Å². The maximum Gasteiger partial charge on any atom is 0.253 e. The quantitative estimate of drug-likeness (QED) is 0.625. The van der Waals surface area contributed by atoms with Gasteiger partial charge in [0.25, 0.3) is 5.91 Å². The summed E-state index contributed by atoms with van der Waals surface area (Å²) in [6.45, 7) is 8.44. The topological polar surface area (TPSA) is 41.6 Å². The highest BCUT2D eigenvalue weighted by atomic mass is 16.5. The second kappa shape index (κ2) is 8.02. The van der Waals surface area contributed by atoms with E-state index in [0.717, 1.165) is 31.5 Å². The van der Waals surface area contributed by atoms with Crippen LogP contribution in [0.2, 0.25) is 0 Å². The van der Waals surface area contributed by atoms with Crippen LogP contribution in [0, 0.1) is 5.92 Å². The zero-order chi connectivity index (χ0) is 14.2. The van der Waals surface area contributed by atoms with Crippen LogP contribution in [0.4, 0.5) is 0 Å². The highest BCUT2D eigenvalue weighted by molar-refractivity contribution is 5.96. The van der Waals surface area contributed by atoms with Crippen molar-refractivity contribution in [1.82, 2.24) is 10.2 Å². The van der Waals surface area contributed by atoms with Gasteiger partial charge in [0.05, 0.1) is 13.2 Å². The van der Waals surface area contributed by atoms with E-state index in [0.29, 0.717) is 32.2 Å². The number of rotatable bonds is 4. The molecule has 0 radical (unpaired) electrons. The van der Waals surface area contributed by atoms with E-state index in [2.05, 4.69) is 18.0 Å². The lowest BCUT2D eigenvalue weighted by Gasteiger charge is -2.27. The summed E-state index contributed by atoms with van der Waals surface area (Å²) in [5.41, 5.74) is 0.723. The number of hydrogen-bond acceptors (Lipinski definition) is 3. The van der Waals surface area contributed by atoms with Gasteiger partial charge in [-0.2, -0.15) is 0 Å². The Morgan fingerprint density at radius 3 is 2.60 bits per heavy atom. The van der Waals surface area contributed by atoms with Crippen molar-refractivity contribution >= 4 is 5.91 Å². The minimum Gasteiger partial charge on any atom is -0.378 e. The smallest absolute Gasteiger partial charge is 0.253 e. The van der Waals surface area contributed by atoms with Crippen LogP contribution in [0.15, 0.2) is 36.5 Å². The average molecular weight is 276 g/mol. The lowest BCUT2D eigenvalue weighted by molar-refractivity contribution is -0.130. The number of carbonyl (C=O) groups excluding carboxylic acids is 1. The molecule has 0 bridgehead atoms. The molecule has 0 spiro atoms. The van der Waals surface area contributed by atoms with Crippen LogP contribution in [-0.4, -0.2) is 50.2 Å². The third-order valence-corrected chi connectivity index (χ3v) is 3.77. The Kier molecular flexibility index (Phi) is 6.02. The molecule has 1 N–H and O–H groups in total. The third-order valence-electron chi connectivity index (χ3n) is 3.77. The predicted octanol–water partition coefficient (Wildman–Crippen LogP) is 1.51. The Labute approximate surface area is 121 Å². The number of nitrogens with zero attached hydrogens (tertiary/aromatic N) is 1. The maximum absolute atomic E-state index is 12.5. The molecule has 0 saturated carbocycles. The normalized spacial score (nSPS) is 22.2. The van der Waals surface area contributed by atoms with E-state index in [-0.39, 0.29) is 5.91 Å². The van der Waals surface area contributed by atoms with E-state index in [9.17, 15) is 4.79 Å². The van der Waals surface area contributed by atoms with E-state index in [4.69, 9.17) is 4.74 Å². The van der Waals surface area contributed by atoms with Gasteiger partial charge in [-0.25, -0.2) is 0 Å². The lowest BCUT2D eigenvalue weighted by atomic mass is 9.96. The van der Waals surface area contributed by atoms with Crippen LogP contribution >= 0.6 is 0 Å². The Hall–Kier alpha value is -1.39. The van der Waals surface area contributed by atoms with E-state index in [1.807, 2.05) is 11.0 Å². The summed E-state index contributed by atoms with van der Waals surface area (Å²) in [5.74, 6) is 0.653. The molecular formula is C16H24N2O2.